The molecule has 0 radical (unpaired) electrons. The first-order chi connectivity index (χ1) is 6.09. The van der Waals surface area contributed by atoms with Gasteiger partial charge in [0.25, 0.3) is 0 Å². The maximum absolute atomic E-state index is 10.3. The average Bonchev–Trinajstić information content (AvgIpc) is 2.07. The second kappa shape index (κ2) is 11.1. The summed E-state index contributed by atoms with van der Waals surface area (Å²) in [4.78, 5) is 18.4. The summed E-state index contributed by atoms with van der Waals surface area (Å²) >= 11 is 0. The molecule has 0 aromatic rings. The van der Waals surface area contributed by atoms with Crippen LogP contribution in [-0.2, 0) is 19.3 Å². The normalized spacial score (nSPS) is 8.31. The molecule has 4 heteroatoms. The van der Waals surface area contributed by atoms with Crippen LogP contribution in [0, 0.1) is 0 Å². The Balaban J connectivity index is 0. The molecule has 0 aromatic carbocycles. The second-order valence-electron chi connectivity index (χ2n) is 2.10. The molecule has 0 spiro atoms. The van der Waals surface area contributed by atoms with Gasteiger partial charge in [-0.2, -0.15) is 4.89 Å². The van der Waals surface area contributed by atoms with Crippen molar-refractivity contribution in [2.75, 3.05) is 20.3 Å². The van der Waals surface area contributed by atoms with E-state index in [1.165, 1.54) is 7.11 Å². The molecule has 0 amide bonds. The lowest BCUT2D eigenvalue weighted by Crippen LogP contribution is -2.02. The van der Waals surface area contributed by atoms with E-state index in [4.69, 9.17) is 4.74 Å². The van der Waals surface area contributed by atoms with Gasteiger partial charge in [0.2, 0.25) is 0 Å². The van der Waals surface area contributed by atoms with Gasteiger partial charge in [-0.1, -0.05) is 6.58 Å². The highest BCUT2D eigenvalue weighted by Gasteiger charge is 2.00. The quantitative estimate of drug-likeness (QED) is 0.384. The molecule has 0 saturated carbocycles. The van der Waals surface area contributed by atoms with Crippen molar-refractivity contribution in [1.82, 2.24) is 0 Å². The van der Waals surface area contributed by atoms with Gasteiger partial charge in [-0.25, -0.2) is 4.79 Å². The Labute approximate surface area is 79.4 Å². The predicted molar refractivity (Wildman–Crippen MR) is 50.1 cm³/mol. The summed E-state index contributed by atoms with van der Waals surface area (Å²) in [7, 11) is 1.26. The van der Waals surface area contributed by atoms with Crippen molar-refractivity contribution in [3.05, 3.63) is 12.2 Å². The fourth-order valence-electron chi connectivity index (χ4n) is 0.351. The number of ether oxygens (including phenoxy) is 1. The Hall–Kier alpha value is -0.870. The smallest absolute Gasteiger partial charge is 0.368 e. The molecule has 0 rings (SSSR count). The van der Waals surface area contributed by atoms with Crippen molar-refractivity contribution >= 4 is 5.97 Å². The molecule has 0 heterocycles. The first-order valence-electron chi connectivity index (χ1n) is 4.08. The third kappa shape index (κ3) is 14.0. The van der Waals surface area contributed by atoms with E-state index in [-0.39, 0.29) is 0 Å². The summed E-state index contributed by atoms with van der Waals surface area (Å²) in [5.41, 5.74) is 0.326. The Bertz CT molecular complexity index is 141. The molecular weight excluding hydrogens is 172 g/mol. The first kappa shape index (κ1) is 14.6. The molecule has 78 valence electrons. The lowest BCUT2D eigenvalue weighted by Gasteiger charge is -1.94. The summed E-state index contributed by atoms with van der Waals surface area (Å²) in [5.74, 6) is -0.535. The zero-order valence-electron chi connectivity index (χ0n) is 8.75. The van der Waals surface area contributed by atoms with Crippen LogP contribution in [-0.4, -0.2) is 26.3 Å². The Kier molecular flexibility index (Phi) is 12.5. The molecule has 0 bridgehead atoms. The predicted octanol–water partition coefficient (Wildman–Crippen LogP) is 1.71. The minimum Gasteiger partial charge on any atom is -0.382 e. The standard InChI is InChI=1S/C5H8O3.C4H10O/c1-4(2)5(6)8-7-3;1-3-5-4-2/h1H2,2-3H3;3-4H2,1-2H3. The van der Waals surface area contributed by atoms with Crippen LogP contribution in [0.1, 0.15) is 20.8 Å². The molecule has 0 saturated heterocycles. The van der Waals surface area contributed by atoms with E-state index in [2.05, 4.69) is 16.4 Å². The van der Waals surface area contributed by atoms with Gasteiger partial charge in [-0.15, -0.1) is 0 Å². The van der Waals surface area contributed by atoms with E-state index in [0.717, 1.165) is 13.2 Å². The van der Waals surface area contributed by atoms with Crippen LogP contribution in [0.4, 0.5) is 0 Å². The van der Waals surface area contributed by atoms with Gasteiger partial charge in [-0.3, -0.25) is 4.89 Å². The topological polar surface area (TPSA) is 44.8 Å². The summed E-state index contributed by atoms with van der Waals surface area (Å²) in [6.45, 7) is 10.5. The molecular formula is C9H18O4. The van der Waals surface area contributed by atoms with Gasteiger partial charge >= 0.3 is 5.97 Å². The van der Waals surface area contributed by atoms with Crippen LogP contribution < -0.4 is 0 Å². The number of hydrogen-bond donors (Lipinski definition) is 0. The van der Waals surface area contributed by atoms with Gasteiger partial charge < -0.3 is 4.74 Å². The van der Waals surface area contributed by atoms with E-state index in [0.29, 0.717) is 5.57 Å². The van der Waals surface area contributed by atoms with E-state index >= 15 is 0 Å². The molecule has 4 nitrogen and oxygen atoms in total. The highest BCUT2D eigenvalue weighted by Crippen LogP contribution is 1.89. The van der Waals surface area contributed by atoms with Crippen molar-refractivity contribution in [1.29, 1.82) is 0 Å². The monoisotopic (exact) mass is 190 g/mol. The zero-order chi connectivity index (χ0) is 10.7. The molecule has 0 aliphatic rings. The maximum Gasteiger partial charge on any atom is 0.368 e. The van der Waals surface area contributed by atoms with Crippen molar-refractivity contribution in [2.24, 2.45) is 0 Å². The largest absolute Gasteiger partial charge is 0.382 e. The van der Waals surface area contributed by atoms with Gasteiger partial charge in [0.15, 0.2) is 0 Å². The van der Waals surface area contributed by atoms with Gasteiger partial charge in [0, 0.05) is 18.8 Å². The second-order valence-corrected chi connectivity index (χ2v) is 2.10. The lowest BCUT2D eigenvalue weighted by atomic mass is 10.4. The van der Waals surface area contributed by atoms with Crippen LogP contribution >= 0.6 is 0 Å². The molecule has 0 aliphatic heterocycles. The highest BCUT2D eigenvalue weighted by atomic mass is 17.2. The van der Waals surface area contributed by atoms with Gasteiger partial charge in [0.05, 0.1) is 7.11 Å². The molecule has 0 unspecified atom stereocenters. The molecule has 0 N–H and O–H groups in total. The van der Waals surface area contributed by atoms with Crippen LogP contribution in [0.3, 0.4) is 0 Å². The Morgan fingerprint density at radius 2 is 1.77 bits per heavy atom. The SMILES string of the molecule is C=C(C)C(=O)OOC.CCOCC. The lowest BCUT2D eigenvalue weighted by molar-refractivity contribution is -0.250. The number of rotatable bonds is 4. The van der Waals surface area contributed by atoms with Crippen LogP contribution in [0.5, 0.6) is 0 Å². The highest BCUT2D eigenvalue weighted by molar-refractivity contribution is 5.86. The third-order valence-electron chi connectivity index (χ3n) is 0.916. The fraction of sp³-hybridized carbons (Fsp3) is 0.667. The Morgan fingerprint density at radius 1 is 1.31 bits per heavy atom. The third-order valence-corrected chi connectivity index (χ3v) is 0.916. The van der Waals surface area contributed by atoms with E-state index in [1.54, 1.807) is 6.92 Å². The number of hydrogen-bond acceptors (Lipinski definition) is 4. The molecule has 0 aromatic heterocycles. The van der Waals surface area contributed by atoms with Crippen LogP contribution in [0.25, 0.3) is 0 Å². The van der Waals surface area contributed by atoms with Crippen molar-refractivity contribution in [2.45, 2.75) is 20.8 Å². The van der Waals surface area contributed by atoms with E-state index in [1.807, 2.05) is 13.8 Å². The van der Waals surface area contributed by atoms with E-state index < -0.39 is 5.97 Å². The van der Waals surface area contributed by atoms with Gasteiger partial charge in [0.1, 0.15) is 0 Å². The summed E-state index contributed by atoms with van der Waals surface area (Å²) in [5, 5.41) is 0. The number of carbonyl (C=O) groups is 1. The first-order valence-corrected chi connectivity index (χ1v) is 4.08. The summed E-state index contributed by atoms with van der Waals surface area (Å²) in [6, 6.07) is 0. The molecule has 0 fully saturated rings. The van der Waals surface area contributed by atoms with E-state index in [9.17, 15) is 4.79 Å². The van der Waals surface area contributed by atoms with Crippen LogP contribution in [0.15, 0.2) is 12.2 Å². The summed E-state index contributed by atoms with van der Waals surface area (Å²) < 4.78 is 4.83. The maximum atomic E-state index is 10.3. The van der Waals surface area contributed by atoms with Crippen molar-refractivity contribution in [3.63, 3.8) is 0 Å². The Morgan fingerprint density at radius 3 is 1.85 bits per heavy atom. The van der Waals surface area contributed by atoms with Crippen LogP contribution in [0.2, 0.25) is 0 Å². The average molecular weight is 190 g/mol. The number of carbonyl (C=O) groups excluding carboxylic acids is 1. The summed E-state index contributed by atoms with van der Waals surface area (Å²) in [6.07, 6.45) is 0. The zero-order valence-corrected chi connectivity index (χ0v) is 8.75. The molecule has 13 heavy (non-hydrogen) atoms. The minimum atomic E-state index is -0.535. The molecule has 0 atom stereocenters. The van der Waals surface area contributed by atoms with Crippen molar-refractivity contribution in [3.8, 4) is 0 Å². The fourth-order valence-corrected chi connectivity index (χ4v) is 0.351. The van der Waals surface area contributed by atoms with Gasteiger partial charge in [-0.05, 0) is 20.8 Å². The molecule has 0 aliphatic carbocycles. The minimum absolute atomic E-state index is 0.326. The van der Waals surface area contributed by atoms with Crippen molar-refractivity contribution < 1.29 is 19.3 Å².